The van der Waals surface area contributed by atoms with Crippen LogP contribution in [0.5, 0.6) is 0 Å². The van der Waals surface area contributed by atoms with Crippen molar-refractivity contribution in [3.05, 3.63) is 60.4 Å². The van der Waals surface area contributed by atoms with Crippen molar-refractivity contribution in [3.8, 4) is 11.5 Å². The molecule has 1 aliphatic heterocycles. The minimum atomic E-state index is 0.366. The third-order valence-corrected chi connectivity index (χ3v) is 4.06. The Morgan fingerprint density at radius 3 is 2.92 bits per heavy atom. The summed E-state index contributed by atoms with van der Waals surface area (Å²) in [6.45, 7) is 2.09. The number of anilines is 1. The Kier molecular flexibility index (Phi) is 4.20. The Labute approximate surface area is 139 Å². The summed E-state index contributed by atoms with van der Waals surface area (Å²) in [6.07, 6.45) is 4.27. The molecule has 0 saturated carbocycles. The SMILES string of the molecule is c1ccc(-c2nc(CNc3cc([C@H]4CCOC4)ncn3)co2)cc1. The van der Waals surface area contributed by atoms with E-state index in [2.05, 4.69) is 20.3 Å². The lowest BCUT2D eigenvalue weighted by molar-refractivity contribution is 0.193. The molecule has 3 heterocycles. The number of nitrogens with one attached hydrogen (secondary N) is 1. The molecule has 6 nitrogen and oxygen atoms in total. The normalized spacial score (nSPS) is 17.1. The lowest BCUT2D eigenvalue weighted by Gasteiger charge is -2.09. The quantitative estimate of drug-likeness (QED) is 0.777. The zero-order chi connectivity index (χ0) is 16.2. The van der Waals surface area contributed by atoms with Gasteiger partial charge in [0.25, 0.3) is 0 Å². The summed E-state index contributed by atoms with van der Waals surface area (Å²) < 4.78 is 11.0. The number of hydrogen-bond donors (Lipinski definition) is 1. The molecule has 24 heavy (non-hydrogen) atoms. The first-order chi connectivity index (χ1) is 11.9. The van der Waals surface area contributed by atoms with Crippen LogP contribution in [-0.4, -0.2) is 28.2 Å². The Morgan fingerprint density at radius 2 is 2.08 bits per heavy atom. The third-order valence-electron chi connectivity index (χ3n) is 4.06. The number of hydrogen-bond acceptors (Lipinski definition) is 6. The topological polar surface area (TPSA) is 73.1 Å². The van der Waals surface area contributed by atoms with Crippen LogP contribution in [0.2, 0.25) is 0 Å². The molecule has 1 N–H and O–H groups in total. The standard InChI is InChI=1S/C18H18N4O2/c1-2-4-13(5-3-1)18-22-15(11-24-18)9-19-17-8-16(20-12-21-17)14-6-7-23-10-14/h1-5,8,11-12,14H,6-7,9-10H2,(H,19,20,21)/t14-/m0/s1. The van der Waals surface area contributed by atoms with Gasteiger partial charge in [-0.1, -0.05) is 18.2 Å². The fourth-order valence-electron chi connectivity index (χ4n) is 2.74. The highest BCUT2D eigenvalue weighted by atomic mass is 16.5. The lowest BCUT2D eigenvalue weighted by Crippen LogP contribution is -2.06. The van der Waals surface area contributed by atoms with E-state index in [0.29, 0.717) is 18.4 Å². The molecule has 2 aromatic heterocycles. The van der Waals surface area contributed by atoms with Gasteiger partial charge in [-0.3, -0.25) is 0 Å². The van der Waals surface area contributed by atoms with E-state index in [1.165, 1.54) is 0 Å². The van der Waals surface area contributed by atoms with Crippen molar-refractivity contribution >= 4 is 5.82 Å². The van der Waals surface area contributed by atoms with Gasteiger partial charge in [0.05, 0.1) is 24.5 Å². The van der Waals surface area contributed by atoms with Crippen LogP contribution >= 0.6 is 0 Å². The van der Waals surface area contributed by atoms with Gasteiger partial charge >= 0.3 is 0 Å². The zero-order valence-corrected chi connectivity index (χ0v) is 13.2. The minimum absolute atomic E-state index is 0.366. The average molecular weight is 322 g/mol. The summed E-state index contributed by atoms with van der Waals surface area (Å²) in [7, 11) is 0. The second-order valence-electron chi connectivity index (χ2n) is 5.75. The number of nitrogens with zero attached hydrogens (tertiary/aromatic N) is 3. The molecule has 0 bridgehead atoms. The van der Waals surface area contributed by atoms with Crippen molar-refractivity contribution < 1.29 is 9.15 Å². The first-order valence-corrected chi connectivity index (χ1v) is 8.02. The van der Waals surface area contributed by atoms with Gasteiger partial charge in [0, 0.05) is 24.2 Å². The molecule has 4 rings (SSSR count). The van der Waals surface area contributed by atoms with E-state index in [9.17, 15) is 0 Å². The van der Waals surface area contributed by atoms with Gasteiger partial charge in [0.2, 0.25) is 5.89 Å². The number of rotatable bonds is 5. The van der Waals surface area contributed by atoms with Gasteiger partial charge in [-0.25, -0.2) is 15.0 Å². The first-order valence-electron chi connectivity index (χ1n) is 8.02. The predicted molar refractivity (Wildman–Crippen MR) is 89.5 cm³/mol. The summed E-state index contributed by atoms with van der Waals surface area (Å²) in [5, 5.41) is 3.28. The maximum Gasteiger partial charge on any atom is 0.226 e. The summed E-state index contributed by atoms with van der Waals surface area (Å²) in [5.74, 6) is 1.78. The van der Waals surface area contributed by atoms with Crippen LogP contribution in [0.1, 0.15) is 23.7 Å². The Bertz CT molecular complexity index is 798. The van der Waals surface area contributed by atoms with Crippen LogP contribution < -0.4 is 5.32 Å². The van der Waals surface area contributed by atoms with Gasteiger partial charge in [0.1, 0.15) is 18.4 Å². The lowest BCUT2D eigenvalue weighted by atomic mass is 10.1. The molecule has 0 unspecified atom stereocenters. The molecule has 3 aromatic rings. The molecule has 0 spiro atoms. The predicted octanol–water partition coefficient (Wildman–Crippen LogP) is 3.25. The van der Waals surface area contributed by atoms with Crippen LogP contribution in [0.4, 0.5) is 5.82 Å². The van der Waals surface area contributed by atoms with Crippen molar-refractivity contribution in [1.29, 1.82) is 0 Å². The Hall–Kier alpha value is -2.73. The summed E-state index contributed by atoms with van der Waals surface area (Å²) in [6, 6.07) is 11.8. The average Bonchev–Trinajstić information content (AvgIpc) is 3.33. The summed E-state index contributed by atoms with van der Waals surface area (Å²) in [5.41, 5.74) is 2.82. The van der Waals surface area contributed by atoms with E-state index < -0.39 is 0 Å². The minimum Gasteiger partial charge on any atom is -0.444 e. The summed E-state index contributed by atoms with van der Waals surface area (Å²) >= 11 is 0. The highest BCUT2D eigenvalue weighted by Crippen LogP contribution is 2.24. The monoisotopic (exact) mass is 322 g/mol. The second-order valence-corrected chi connectivity index (χ2v) is 5.75. The molecule has 1 aliphatic rings. The fourth-order valence-corrected chi connectivity index (χ4v) is 2.74. The molecular weight excluding hydrogens is 304 g/mol. The van der Waals surface area contributed by atoms with Crippen molar-refractivity contribution in [2.75, 3.05) is 18.5 Å². The van der Waals surface area contributed by atoms with Crippen molar-refractivity contribution in [1.82, 2.24) is 15.0 Å². The van der Waals surface area contributed by atoms with Crippen LogP contribution in [0.25, 0.3) is 11.5 Å². The molecular formula is C18H18N4O2. The molecule has 1 fully saturated rings. The van der Waals surface area contributed by atoms with Crippen molar-refractivity contribution in [3.63, 3.8) is 0 Å². The Morgan fingerprint density at radius 1 is 1.17 bits per heavy atom. The van der Waals surface area contributed by atoms with Gasteiger partial charge in [-0.2, -0.15) is 0 Å². The first kappa shape index (κ1) is 14.8. The maximum atomic E-state index is 5.54. The molecule has 1 atom stereocenters. The van der Waals surface area contributed by atoms with Gasteiger partial charge in [-0.15, -0.1) is 0 Å². The summed E-state index contributed by atoms with van der Waals surface area (Å²) in [4.78, 5) is 13.1. The smallest absolute Gasteiger partial charge is 0.226 e. The molecule has 0 amide bonds. The fraction of sp³-hybridized carbons (Fsp3) is 0.278. The largest absolute Gasteiger partial charge is 0.444 e. The van der Waals surface area contributed by atoms with E-state index in [4.69, 9.17) is 9.15 Å². The van der Waals surface area contributed by atoms with Crippen LogP contribution in [0, 0.1) is 0 Å². The maximum absolute atomic E-state index is 5.54. The van der Waals surface area contributed by atoms with Crippen LogP contribution in [0.3, 0.4) is 0 Å². The van der Waals surface area contributed by atoms with Crippen molar-refractivity contribution in [2.24, 2.45) is 0 Å². The molecule has 6 heteroatoms. The van der Waals surface area contributed by atoms with E-state index in [-0.39, 0.29) is 0 Å². The third kappa shape index (κ3) is 3.28. The van der Waals surface area contributed by atoms with E-state index in [0.717, 1.165) is 42.4 Å². The molecule has 0 radical (unpaired) electrons. The van der Waals surface area contributed by atoms with E-state index in [1.807, 2.05) is 36.4 Å². The molecule has 1 aromatic carbocycles. The van der Waals surface area contributed by atoms with Crippen LogP contribution in [0.15, 0.2) is 53.4 Å². The van der Waals surface area contributed by atoms with Crippen LogP contribution in [-0.2, 0) is 11.3 Å². The Balaban J connectivity index is 1.42. The molecule has 122 valence electrons. The number of benzene rings is 1. The number of ether oxygens (including phenoxy) is 1. The second kappa shape index (κ2) is 6.80. The van der Waals surface area contributed by atoms with Crippen molar-refractivity contribution in [2.45, 2.75) is 18.9 Å². The number of aromatic nitrogens is 3. The number of oxazole rings is 1. The molecule has 1 saturated heterocycles. The van der Waals surface area contributed by atoms with Gasteiger partial charge in [0.15, 0.2) is 0 Å². The van der Waals surface area contributed by atoms with Gasteiger partial charge < -0.3 is 14.5 Å². The van der Waals surface area contributed by atoms with E-state index in [1.54, 1.807) is 12.6 Å². The molecule has 0 aliphatic carbocycles. The van der Waals surface area contributed by atoms with Gasteiger partial charge in [-0.05, 0) is 18.6 Å². The highest BCUT2D eigenvalue weighted by molar-refractivity contribution is 5.52. The highest BCUT2D eigenvalue weighted by Gasteiger charge is 2.19. The zero-order valence-electron chi connectivity index (χ0n) is 13.2. The van der Waals surface area contributed by atoms with E-state index >= 15 is 0 Å².